The Morgan fingerprint density at radius 3 is 0.777 bits per heavy atom. The van der Waals surface area contributed by atoms with Gasteiger partial charge in [0.1, 0.15) is 226 Å². The maximum Gasteiger partial charge on any atom is 0.217 e. The van der Waals surface area contributed by atoms with Crippen molar-refractivity contribution in [2.45, 2.75) is 400 Å². The van der Waals surface area contributed by atoms with Gasteiger partial charge in [-0.25, -0.2) is 0 Å². The third-order valence-corrected chi connectivity index (χ3v) is 23.5. The summed E-state index contributed by atoms with van der Waals surface area (Å²) in [7, 11) is 0. The molecule has 2 amide bonds. The van der Waals surface area contributed by atoms with Crippen molar-refractivity contribution in [2.75, 3.05) is 26.4 Å². The highest BCUT2D eigenvalue weighted by Gasteiger charge is 2.63. The van der Waals surface area contributed by atoms with Crippen molar-refractivity contribution in [1.82, 2.24) is 10.6 Å². The number of ether oxygens (including phenoxy) is 21. The lowest BCUT2D eigenvalue weighted by atomic mass is 9.94. The molecule has 11 saturated heterocycles. The molecule has 51 heteroatoms. The lowest BCUT2D eigenvalue weighted by Gasteiger charge is -2.52. The number of hydrogen-bond donors (Lipinski definition) is 28. The van der Waals surface area contributed by atoms with Crippen molar-refractivity contribution in [3.63, 3.8) is 0 Å². The van der Waals surface area contributed by atoms with E-state index in [2.05, 4.69) is 10.6 Å². The maximum atomic E-state index is 13.6. The van der Waals surface area contributed by atoms with Gasteiger partial charge in [0.25, 0.3) is 0 Å². The number of hydrogen-bond acceptors (Lipinski definition) is 49. The third kappa shape index (κ3) is 20.8. The Balaban J connectivity index is 0.905. The topological polar surface area (TPSA) is 778 Å². The molecule has 51 nitrogen and oxygen atoms in total. The van der Waals surface area contributed by atoms with Crippen molar-refractivity contribution in [3.05, 3.63) is 0 Å². The largest absolute Gasteiger partial charge is 0.394 e. The second-order valence-corrected chi connectivity index (χ2v) is 32.2. The highest BCUT2D eigenvalue weighted by atomic mass is 16.8. The van der Waals surface area contributed by atoms with E-state index in [9.17, 15) is 142 Å². The van der Waals surface area contributed by atoms with Crippen LogP contribution in [0, 0.1) is 0 Å². The maximum absolute atomic E-state index is 13.6. The van der Waals surface area contributed by atoms with E-state index < -0.39 is 376 Å². The summed E-state index contributed by atoms with van der Waals surface area (Å²) < 4.78 is 128. The monoisotopic (exact) mass is 1770 g/mol. The van der Waals surface area contributed by atoms with E-state index >= 15 is 0 Å². The zero-order chi connectivity index (χ0) is 89.0. The minimum Gasteiger partial charge on any atom is -0.394 e. The predicted molar refractivity (Wildman–Crippen MR) is 376 cm³/mol. The number of nitrogens with one attached hydrogen (secondary N) is 2. The van der Waals surface area contributed by atoms with Crippen LogP contribution >= 0.6 is 0 Å². The Morgan fingerprint density at radius 2 is 0.438 bits per heavy atom. The number of carbonyl (C=O) groups excluding carboxylic acids is 2. The van der Waals surface area contributed by atoms with E-state index in [1.54, 1.807) is 0 Å². The van der Waals surface area contributed by atoms with Crippen molar-refractivity contribution in [1.29, 1.82) is 0 Å². The van der Waals surface area contributed by atoms with Crippen molar-refractivity contribution in [3.8, 4) is 0 Å². The van der Waals surface area contributed by atoms with E-state index in [4.69, 9.17) is 99.5 Å². The highest BCUT2D eigenvalue weighted by Crippen LogP contribution is 2.43. The second-order valence-electron chi connectivity index (χ2n) is 32.2. The molecule has 0 aliphatic carbocycles. The molecule has 11 rings (SSSR count). The summed E-state index contributed by atoms with van der Waals surface area (Å²) in [5.41, 5.74) is 0. The van der Waals surface area contributed by atoms with Gasteiger partial charge in [-0.1, -0.05) is 0 Å². The molecule has 0 bridgehead atoms. The summed E-state index contributed by atoms with van der Waals surface area (Å²) in [4.78, 5) is 26.6. The summed E-state index contributed by atoms with van der Waals surface area (Å²) in [5.74, 6) is -1.86. The fourth-order valence-corrected chi connectivity index (χ4v) is 16.3. The first kappa shape index (κ1) is 98.6. The standard InChI is InChI=1S/C70H118N2O49/c1-14-30(80)41(91)56(60(100)101-14)118-61-27(71-21(8)77)52(36(86)25(12-75)108-61)114-66-49(99)55(51(20(7)106-66)113-65-47(97)40(90)35(85)24(11-74)111-65)117-69-59(44(94)33(83)17(4)104-69)121-70-57(42(92)31(81)18(5)105-70)119-62-28(72-22(9)78)53(37(87)26(13-76)109-62)115-67-48(98)54(50(19(6)107-67)112-64-46(96)39(89)34(84)23(10-73)110-64)116-68-58(43(93)32(82)16(3)103-68)120-63-45(95)38(88)29(79)15(2)102-63/h14-20,23-70,73-76,79-100H,10-13H2,1-9H3,(H,71,77)(H,72,78)/t14-,15-,16-,17-,18-,19-,20-,23+,24+,25+,26+,27+,28+,29-,30-,31-,32-,33-,34+,35+,36+,37+,38+,39-,40-,41+,42+,43+,44+,45+,46+,47+,48+,49+,50-,51-,52+,53+,54-,55-,56+,57+,58+,59+,60?,61-,62-,63-,64+,65+,66-,67-,68-,69-,70-/m0/s1. The minimum atomic E-state index is -2.41. The summed E-state index contributed by atoms with van der Waals surface area (Å²) in [6.07, 6.45) is -104. The second kappa shape index (κ2) is 41.4. The van der Waals surface area contributed by atoms with Crippen LogP contribution in [-0.4, -0.2) is 509 Å². The van der Waals surface area contributed by atoms with Crippen LogP contribution < -0.4 is 10.6 Å². The first-order valence-corrected chi connectivity index (χ1v) is 39.7. The first-order chi connectivity index (χ1) is 57.0. The van der Waals surface area contributed by atoms with Crippen LogP contribution in [0.2, 0.25) is 0 Å². The quantitative estimate of drug-likeness (QED) is 0.0382. The highest BCUT2D eigenvalue weighted by molar-refractivity contribution is 5.73. The van der Waals surface area contributed by atoms with E-state index in [-0.39, 0.29) is 0 Å². The number of aliphatic hydroxyl groups excluding tert-OH is 26. The Morgan fingerprint density at radius 1 is 0.215 bits per heavy atom. The van der Waals surface area contributed by atoms with Gasteiger partial charge in [-0.3, -0.25) is 9.59 Å². The van der Waals surface area contributed by atoms with E-state index in [1.165, 1.54) is 48.5 Å². The molecular formula is C70H118N2O49. The molecule has 11 aliphatic heterocycles. The SMILES string of the molecule is CC(=O)N[C@H]1[C@H](O[C@H]2[C@H](O[C@H]3[C@H](O[C@H]4[C@@H](O)[C@H](O[C@H]5[C@H](O)[C@@H](CO)O[C@@H](O[C@H]6C(O)O[C@@H](C)[C@H](O)[C@H]6O)[C@@H]5NC(C)=O)O[C@@H](C)[C@@H]4O[C@H]4O[C@H](CO)[C@@H](O)[C@H](O)[C@H]4O)O[C@@H](C)[C@H](O)[C@H]3O)O[C@@H](C)[C@H](O)[C@H]2O)O[C@H](CO)[C@@H](O)[C@@H]1O[C@@H]1O[C@@H](C)[C@H](O[C@H]2O[C@H](CO)[C@@H](O)[C@H](O)[C@H]2O)[C@@H](O[C@@H]2O[C@@H](C)[C@H](O)[C@@H](O)[C@H]2O[C@@H]2O[C@@H](C)[C@H](O)[C@@H](O)[C@H]2O)[C@H]1O. The van der Waals surface area contributed by atoms with Crippen molar-refractivity contribution in [2.24, 2.45) is 0 Å². The van der Waals surface area contributed by atoms with Gasteiger partial charge in [0.2, 0.25) is 11.8 Å². The smallest absolute Gasteiger partial charge is 0.217 e. The normalized spacial score (nSPS) is 54.0. The Labute approximate surface area is 688 Å². The van der Waals surface area contributed by atoms with Crippen molar-refractivity contribution < 1.29 is 242 Å². The van der Waals surface area contributed by atoms with E-state index in [0.29, 0.717) is 0 Å². The van der Waals surface area contributed by atoms with Crippen LogP contribution in [0.25, 0.3) is 0 Å². The molecule has 11 heterocycles. The summed E-state index contributed by atoms with van der Waals surface area (Å²) in [6.45, 7) is 6.56. The lowest BCUT2D eigenvalue weighted by molar-refractivity contribution is -0.412. The summed E-state index contributed by atoms with van der Waals surface area (Å²) in [5, 5.41) is 298. The molecule has 11 aliphatic rings. The van der Waals surface area contributed by atoms with Gasteiger partial charge in [0.05, 0.1) is 69.2 Å². The number of carbonyl (C=O) groups is 2. The van der Waals surface area contributed by atoms with Gasteiger partial charge in [0.15, 0.2) is 69.2 Å². The van der Waals surface area contributed by atoms with Crippen LogP contribution in [0.5, 0.6) is 0 Å². The predicted octanol–water partition coefficient (Wildman–Crippen LogP) is -17.5. The molecule has 1 unspecified atom stereocenters. The minimum absolute atomic E-state index is 0.878. The fourth-order valence-electron chi connectivity index (χ4n) is 16.3. The van der Waals surface area contributed by atoms with Crippen LogP contribution in [0.15, 0.2) is 0 Å². The average Bonchev–Trinajstić information content (AvgIpc) is 0.763. The number of amides is 2. The molecule has 0 aromatic carbocycles. The van der Waals surface area contributed by atoms with E-state index in [0.717, 1.165) is 13.8 Å². The van der Waals surface area contributed by atoms with Crippen LogP contribution in [-0.2, 0) is 109 Å². The van der Waals surface area contributed by atoms with Gasteiger partial charge >= 0.3 is 0 Å². The average molecular weight is 1770 g/mol. The molecule has 0 aromatic heterocycles. The molecule has 11 fully saturated rings. The lowest BCUT2D eigenvalue weighted by Crippen LogP contribution is -2.71. The Kier molecular flexibility index (Phi) is 33.8. The zero-order valence-electron chi connectivity index (χ0n) is 66.6. The Bertz CT molecular complexity index is 3250. The third-order valence-electron chi connectivity index (χ3n) is 23.5. The fraction of sp³-hybridized carbons (Fsp3) is 0.971. The van der Waals surface area contributed by atoms with Gasteiger partial charge in [-0.15, -0.1) is 0 Å². The molecule has 121 heavy (non-hydrogen) atoms. The van der Waals surface area contributed by atoms with Gasteiger partial charge in [-0.2, -0.15) is 0 Å². The van der Waals surface area contributed by atoms with Crippen molar-refractivity contribution >= 4 is 11.8 Å². The Hall–Kier alpha value is -2.94. The van der Waals surface area contributed by atoms with Gasteiger partial charge in [0, 0.05) is 13.8 Å². The molecule has 28 N–H and O–H groups in total. The molecule has 55 atom stereocenters. The summed E-state index contributed by atoms with van der Waals surface area (Å²) >= 11 is 0. The number of aliphatic hydroxyl groups is 26. The first-order valence-electron chi connectivity index (χ1n) is 39.7. The van der Waals surface area contributed by atoms with E-state index in [1.807, 2.05) is 0 Å². The molecule has 0 radical (unpaired) electrons. The number of rotatable bonds is 26. The summed E-state index contributed by atoms with van der Waals surface area (Å²) in [6, 6.07) is -3.81. The van der Waals surface area contributed by atoms with Gasteiger partial charge in [-0.05, 0) is 48.5 Å². The van der Waals surface area contributed by atoms with Crippen LogP contribution in [0.1, 0.15) is 62.3 Å². The zero-order valence-corrected chi connectivity index (χ0v) is 66.6. The molecule has 702 valence electrons. The molecule has 0 spiro atoms. The van der Waals surface area contributed by atoms with Crippen LogP contribution in [0.3, 0.4) is 0 Å². The molecular weight excluding hydrogens is 1650 g/mol. The van der Waals surface area contributed by atoms with Crippen LogP contribution in [0.4, 0.5) is 0 Å². The van der Waals surface area contributed by atoms with Gasteiger partial charge < -0.3 is 243 Å². The molecule has 0 saturated carbocycles. The molecule has 0 aromatic rings.